The predicted octanol–water partition coefficient (Wildman–Crippen LogP) is 2.44. The molecule has 0 aliphatic carbocycles. The molecule has 7 heteroatoms. The number of sulfone groups is 1. The van der Waals surface area contributed by atoms with E-state index < -0.39 is 9.84 Å². The van der Waals surface area contributed by atoms with Crippen LogP contribution >= 0.6 is 0 Å². The molecule has 1 aliphatic heterocycles. The number of piperidine rings is 1. The lowest BCUT2D eigenvalue weighted by Gasteiger charge is -2.33. The fourth-order valence-electron chi connectivity index (χ4n) is 3.48. The number of nitrogens with zero attached hydrogens (tertiary/aromatic N) is 2. The maximum Gasteiger partial charge on any atom is 0.227 e. The van der Waals surface area contributed by atoms with E-state index in [0.717, 1.165) is 24.2 Å². The second-order valence-electron chi connectivity index (χ2n) is 6.86. The van der Waals surface area contributed by atoms with E-state index in [1.54, 1.807) is 25.4 Å². The van der Waals surface area contributed by atoms with E-state index in [1.807, 2.05) is 29.2 Å². The summed E-state index contributed by atoms with van der Waals surface area (Å²) in [5, 5.41) is 0. The van der Waals surface area contributed by atoms with Gasteiger partial charge in [-0.05, 0) is 42.7 Å². The Bertz CT molecular complexity index is 910. The lowest BCUT2D eigenvalue weighted by Crippen LogP contribution is -2.40. The van der Waals surface area contributed by atoms with Crippen LogP contribution < -0.4 is 4.74 Å². The molecule has 2 aromatic rings. The number of carbonyl (C=O) groups excluding carboxylic acids is 1. The van der Waals surface area contributed by atoms with Crippen molar-refractivity contribution in [3.05, 3.63) is 53.9 Å². The number of pyridine rings is 1. The monoisotopic (exact) mass is 388 g/mol. The van der Waals surface area contributed by atoms with Crippen molar-refractivity contribution in [1.29, 1.82) is 0 Å². The fourth-order valence-corrected chi connectivity index (χ4v) is 4.40. The van der Waals surface area contributed by atoms with Gasteiger partial charge in [-0.25, -0.2) is 8.42 Å². The first kappa shape index (κ1) is 19.4. The lowest BCUT2D eigenvalue weighted by molar-refractivity contribution is -0.131. The minimum Gasteiger partial charge on any atom is -0.497 e. The molecule has 1 aliphatic rings. The minimum atomic E-state index is -3.35. The van der Waals surface area contributed by atoms with Crippen LogP contribution in [0.3, 0.4) is 0 Å². The molecule has 1 atom stereocenters. The Morgan fingerprint density at radius 3 is 2.67 bits per heavy atom. The van der Waals surface area contributed by atoms with Gasteiger partial charge in [-0.3, -0.25) is 9.78 Å². The second-order valence-corrected chi connectivity index (χ2v) is 8.85. The number of likely N-dealkylation sites (tertiary alicyclic amines) is 1. The van der Waals surface area contributed by atoms with E-state index in [1.165, 1.54) is 6.26 Å². The highest BCUT2D eigenvalue weighted by Crippen LogP contribution is 2.30. The molecule has 0 N–H and O–H groups in total. The summed E-state index contributed by atoms with van der Waals surface area (Å²) in [6, 6.07) is 10.7. The quantitative estimate of drug-likeness (QED) is 0.786. The normalized spacial score (nSPS) is 17.6. The van der Waals surface area contributed by atoms with E-state index in [9.17, 15) is 13.2 Å². The van der Waals surface area contributed by atoms with Crippen molar-refractivity contribution in [3.63, 3.8) is 0 Å². The standard InChI is InChI=1S/C20H24N2O4S/c1-26-17-9-7-15(8-10-17)13-19(23)22-12-4-5-16(14-22)20-18(27(2,24)25)6-3-11-21-20/h3,6-11,16H,4-5,12-14H2,1-2H3. The van der Waals surface area contributed by atoms with Gasteiger partial charge in [-0.1, -0.05) is 12.1 Å². The molecule has 0 saturated carbocycles. The molecule has 1 unspecified atom stereocenters. The van der Waals surface area contributed by atoms with Gasteiger partial charge in [0.25, 0.3) is 0 Å². The molecule has 27 heavy (non-hydrogen) atoms. The zero-order valence-electron chi connectivity index (χ0n) is 15.6. The van der Waals surface area contributed by atoms with Gasteiger partial charge in [0.2, 0.25) is 5.91 Å². The van der Waals surface area contributed by atoms with Gasteiger partial charge >= 0.3 is 0 Å². The van der Waals surface area contributed by atoms with E-state index in [0.29, 0.717) is 25.2 Å². The van der Waals surface area contributed by atoms with Gasteiger partial charge in [0.05, 0.1) is 24.1 Å². The molecule has 1 fully saturated rings. The number of amides is 1. The number of benzene rings is 1. The third kappa shape index (κ3) is 4.66. The van der Waals surface area contributed by atoms with Crippen molar-refractivity contribution < 1.29 is 17.9 Å². The van der Waals surface area contributed by atoms with Gasteiger partial charge in [0.1, 0.15) is 5.75 Å². The summed E-state index contributed by atoms with van der Waals surface area (Å²) in [5.74, 6) is 0.735. The molecular formula is C20H24N2O4S. The topological polar surface area (TPSA) is 76.6 Å². The molecule has 2 heterocycles. The number of hydrogen-bond donors (Lipinski definition) is 0. The van der Waals surface area contributed by atoms with Crippen molar-refractivity contribution in [2.45, 2.75) is 30.1 Å². The summed E-state index contributed by atoms with van der Waals surface area (Å²) < 4.78 is 29.3. The highest BCUT2D eigenvalue weighted by Gasteiger charge is 2.29. The van der Waals surface area contributed by atoms with Crippen molar-refractivity contribution in [3.8, 4) is 5.75 Å². The zero-order valence-corrected chi connectivity index (χ0v) is 16.4. The number of aromatic nitrogens is 1. The van der Waals surface area contributed by atoms with E-state index in [4.69, 9.17) is 4.74 Å². The van der Waals surface area contributed by atoms with Crippen LogP contribution in [0.15, 0.2) is 47.5 Å². The maximum absolute atomic E-state index is 12.7. The Morgan fingerprint density at radius 2 is 2.00 bits per heavy atom. The van der Waals surface area contributed by atoms with Gasteiger partial charge in [0.15, 0.2) is 9.84 Å². The SMILES string of the molecule is COc1ccc(CC(=O)N2CCCC(c3ncccc3S(C)(=O)=O)C2)cc1. The van der Waals surface area contributed by atoms with E-state index in [2.05, 4.69) is 4.98 Å². The van der Waals surface area contributed by atoms with Crippen LogP contribution in [-0.4, -0.2) is 50.7 Å². The molecule has 1 aromatic heterocycles. The molecule has 1 aromatic carbocycles. The summed E-state index contributed by atoms with van der Waals surface area (Å²) in [7, 11) is -1.75. The van der Waals surface area contributed by atoms with E-state index >= 15 is 0 Å². The number of hydrogen-bond acceptors (Lipinski definition) is 5. The van der Waals surface area contributed by atoms with Crippen LogP contribution in [-0.2, 0) is 21.1 Å². The molecule has 1 saturated heterocycles. The molecule has 1 amide bonds. The van der Waals surface area contributed by atoms with Crippen molar-refractivity contribution in [2.75, 3.05) is 26.5 Å². The Hall–Kier alpha value is -2.41. The summed E-state index contributed by atoms with van der Waals surface area (Å²) >= 11 is 0. The second kappa shape index (κ2) is 8.08. The number of rotatable bonds is 5. The number of methoxy groups -OCH3 is 1. The van der Waals surface area contributed by atoms with Gasteiger partial charge in [-0.2, -0.15) is 0 Å². The van der Waals surface area contributed by atoms with Crippen molar-refractivity contribution in [1.82, 2.24) is 9.88 Å². The first-order valence-electron chi connectivity index (χ1n) is 8.94. The zero-order chi connectivity index (χ0) is 19.4. The fraction of sp³-hybridized carbons (Fsp3) is 0.400. The Balaban J connectivity index is 1.73. The first-order chi connectivity index (χ1) is 12.9. The van der Waals surface area contributed by atoms with Crippen LogP contribution in [0.1, 0.15) is 30.0 Å². The Labute approximate surface area is 160 Å². The molecule has 0 bridgehead atoms. The van der Waals surface area contributed by atoms with Crippen LogP contribution in [0.4, 0.5) is 0 Å². The molecule has 3 rings (SSSR count). The summed E-state index contributed by atoms with van der Waals surface area (Å²) in [5.41, 5.74) is 1.50. The first-order valence-corrected chi connectivity index (χ1v) is 10.8. The van der Waals surface area contributed by atoms with E-state index in [-0.39, 0.29) is 16.7 Å². The Kier molecular flexibility index (Phi) is 5.79. The molecule has 144 valence electrons. The average molecular weight is 388 g/mol. The molecular weight excluding hydrogens is 364 g/mol. The smallest absolute Gasteiger partial charge is 0.227 e. The van der Waals surface area contributed by atoms with Gasteiger partial charge in [0, 0.05) is 31.5 Å². The average Bonchev–Trinajstić information content (AvgIpc) is 2.68. The van der Waals surface area contributed by atoms with Gasteiger partial charge in [-0.15, -0.1) is 0 Å². The maximum atomic E-state index is 12.7. The van der Waals surface area contributed by atoms with Crippen molar-refractivity contribution in [2.24, 2.45) is 0 Å². The number of ether oxygens (including phenoxy) is 1. The van der Waals surface area contributed by atoms with Crippen molar-refractivity contribution >= 4 is 15.7 Å². The highest BCUT2D eigenvalue weighted by atomic mass is 32.2. The Morgan fingerprint density at radius 1 is 1.26 bits per heavy atom. The third-order valence-electron chi connectivity index (χ3n) is 4.87. The molecule has 0 radical (unpaired) electrons. The summed E-state index contributed by atoms with van der Waals surface area (Å²) in [4.78, 5) is 19.2. The third-order valence-corrected chi connectivity index (χ3v) is 6.02. The van der Waals surface area contributed by atoms with Crippen LogP contribution in [0.5, 0.6) is 5.75 Å². The minimum absolute atomic E-state index is 0.0432. The van der Waals surface area contributed by atoms with Crippen LogP contribution in [0, 0.1) is 0 Å². The molecule has 6 nitrogen and oxygen atoms in total. The van der Waals surface area contributed by atoms with Crippen LogP contribution in [0.25, 0.3) is 0 Å². The number of carbonyl (C=O) groups is 1. The largest absolute Gasteiger partial charge is 0.497 e. The summed E-state index contributed by atoms with van der Waals surface area (Å²) in [6.45, 7) is 1.18. The molecule has 0 spiro atoms. The predicted molar refractivity (Wildman–Crippen MR) is 103 cm³/mol. The lowest BCUT2D eigenvalue weighted by atomic mass is 9.93. The highest BCUT2D eigenvalue weighted by molar-refractivity contribution is 7.90. The summed E-state index contributed by atoms with van der Waals surface area (Å²) in [6.07, 6.45) is 4.79. The van der Waals surface area contributed by atoms with Gasteiger partial charge < -0.3 is 9.64 Å². The van der Waals surface area contributed by atoms with Crippen LogP contribution in [0.2, 0.25) is 0 Å².